The van der Waals surface area contributed by atoms with Crippen LogP contribution in [0.3, 0.4) is 0 Å². The second-order valence-corrected chi connectivity index (χ2v) is 4.38. The first-order valence-electron chi connectivity index (χ1n) is 5.04. The number of hydrogen-bond donors (Lipinski definition) is 0. The molecule has 0 saturated heterocycles. The molecule has 0 saturated carbocycles. The Bertz CT molecular complexity index is 319. The Morgan fingerprint density at radius 3 is 2.53 bits per heavy atom. The average Bonchev–Trinajstić information content (AvgIpc) is 2.18. The number of carbonyl (C=O) groups excluding carboxylic acids is 1. The molecule has 1 aromatic carbocycles. The van der Waals surface area contributed by atoms with E-state index in [9.17, 15) is 4.79 Å². The number of halogens is 1. The summed E-state index contributed by atoms with van der Waals surface area (Å²) >= 11 is 3.38. The third-order valence-electron chi connectivity index (χ3n) is 2.22. The van der Waals surface area contributed by atoms with Crippen molar-refractivity contribution in [2.24, 2.45) is 0 Å². The van der Waals surface area contributed by atoms with Crippen molar-refractivity contribution >= 4 is 21.9 Å². The fourth-order valence-electron chi connectivity index (χ4n) is 1.38. The molecule has 82 valence electrons. The largest absolute Gasteiger partial charge is 0.466 e. The van der Waals surface area contributed by atoms with E-state index in [1.54, 1.807) is 0 Å². The van der Waals surface area contributed by atoms with Gasteiger partial charge in [0.05, 0.1) is 13.0 Å². The van der Waals surface area contributed by atoms with Gasteiger partial charge in [0.2, 0.25) is 0 Å². The number of benzene rings is 1. The molecular weight excluding hydrogens is 256 g/mol. The zero-order chi connectivity index (χ0) is 11.3. The lowest BCUT2D eigenvalue weighted by Crippen LogP contribution is -2.08. The number of ether oxygens (including phenoxy) is 1. The number of carbonyl (C=O) groups is 1. The van der Waals surface area contributed by atoms with Gasteiger partial charge in [-0.25, -0.2) is 0 Å². The molecule has 15 heavy (non-hydrogen) atoms. The Kier molecular flexibility index (Phi) is 4.82. The minimum Gasteiger partial charge on any atom is -0.466 e. The van der Waals surface area contributed by atoms with Gasteiger partial charge >= 0.3 is 5.97 Å². The molecule has 0 amide bonds. The van der Waals surface area contributed by atoms with Gasteiger partial charge in [0, 0.05) is 4.47 Å². The lowest BCUT2D eigenvalue weighted by Gasteiger charge is -2.10. The number of rotatable bonds is 4. The molecule has 3 heteroatoms. The maximum Gasteiger partial charge on any atom is 0.306 e. The molecule has 0 radical (unpaired) electrons. The van der Waals surface area contributed by atoms with Crippen LogP contribution < -0.4 is 0 Å². The lowest BCUT2D eigenvalue weighted by atomic mass is 9.98. The van der Waals surface area contributed by atoms with E-state index < -0.39 is 0 Å². The molecule has 0 aliphatic heterocycles. The van der Waals surface area contributed by atoms with Crippen LogP contribution in [0.4, 0.5) is 0 Å². The van der Waals surface area contributed by atoms with Crippen molar-refractivity contribution in [3.8, 4) is 0 Å². The van der Waals surface area contributed by atoms with E-state index in [0.717, 1.165) is 10.0 Å². The fourth-order valence-corrected chi connectivity index (χ4v) is 1.64. The second-order valence-electron chi connectivity index (χ2n) is 3.46. The van der Waals surface area contributed by atoms with Crippen LogP contribution in [0.2, 0.25) is 0 Å². The van der Waals surface area contributed by atoms with Crippen LogP contribution in [0, 0.1) is 0 Å². The van der Waals surface area contributed by atoms with E-state index in [0.29, 0.717) is 13.0 Å². The molecule has 0 aliphatic carbocycles. The molecule has 2 nitrogen and oxygen atoms in total. The maximum atomic E-state index is 11.3. The van der Waals surface area contributed by atoms with Crippen LogP contribution in [-0.4, -0.2) is 12.6 Å². The van der Waals surface area contributed by atoms with Crippen molar-refractivity contribution in [2.75, 3.05) is 6.61 Å². The molecule has 0 aliphatic rings. The van der Waals surface area contributed by atoms with Crippen molar-refractivity contribution in [3.63, 3.8) is 0 Å². The molecule has 0 unspecified atom stereocenters. The molecular formula is C12H15BrO2. The zero-order valence-corrected chi connectivity index (χ0v) is 10.6. The molecule has 0 heterocycles. The van der Waals surface area contributed by atoms with Crippen molar-refractivity contribution in [3.05, 3.63) is 34.3 Å². The van der Waals surface area contributed by atoms with E-state index in [-0.39, 0.29) is 11.9 Å². The van der Waals surface area contributed by atoms with Crippen LogP contribution in [0.15, 0.2) is 28.7 Å². The topological polar surface area (TPSA) is 26.3 Å². The van der Waals surface area contributed by atoms with Crippen molar-refractivity contribution in [1.82, 2.24) is 0 Å². The van der Waals surface area contributed by atoms with Gasteiger partial charge in [-0.2, -0.15) is 0 Å². The van der Waals surface area contributed by atoms with Gasteiger partial charge in [0.25, 0.3) is 0 Å². The lowest BCUT2D eigenvalue weighted by molar-refractivity contribution is -0.143. The van der Waals surface area contributed by atoms with Gasteiger partial charge in [-0.1, -0.05) is 35.0 Å². The molecule has 0 aromatic heterocycles. The smallest absolute Gasteiger partial charge is 0.306 e. The second kappa shape index (κ2) is 5.91. The monoisotopic (exact) mass is 270 g/mol. The summed E-state index contributed by atoms with van der Waals surface area (Å²) in [6.45, 7) is 4.30. The highest BCUT2D eigenvalue weighted by Gasteiger charge is 2.11. The third-order valence-corrected chi connectivity index (χ3v) is 2.75. The molecule has 1 aromatic rings. The summed E-state index contributed by atoms with van der Waals surface area (Å²) in [4.78, 5) is 11.3. The van der Waals surface area contributed by atoms with Gasteiger partial charge in [-0.15, -0.1) is 0 Å². The highest BCUT2D eigenvalue weighted by Crippen LogP contribution is 2.21. The van der Waals surface area contributed by atoms with Crippen LogP contribution in [0.1, 0.15) is 31.7 Å². The molecule has 0 fully saturated rings. The quantitative estimate of drug-likeness (QED) is 0.783. The van der Waals surface area contributed by atoms with Gasteiger partial charge in [0.1, 0.15) is 0 Å². The third kappa shape index (κ3) is 4.04. The van der Waals surface area contributed by atoms with E-state index in [1.165, 1.54) is 0 Å². The first-order chi connectivity index (χ1) is 7.13. The molecule has 0 spiro atoms. The molecule has 1 rings (SSSR count). The maximum absolute atomic E-state index is 11.3. The van der Waals surface area contributed by atoms with Crippen molar-refractivity contribution in [2.45, 2.75) is 26.2 Å². The summed E-state index contributed by atoms with van der Waals surface area (Å²) < 4.78 is 5.96. The number of hydrogen-bond acceptors (Lipinski definition) is 2. The summed E-state index contributed by atoms with van der Waals surface area (Å²) in [6.07, 6.45) is 0.440. The molecule has 0 bridgehead atoms. The van der Waals surface area contributed by atoms with Gasteiger partial charge < -0.3 is 4.74 Å². The highest BCUT2D eigenvalue weighted by molar-refractivity contribution is 9.10. The van der Waals surface area contributed by atoms with Crippen LogP contribution in [0.25, 0.3) is 0 Å². The highest BCUT2D eigenvalue weighted by atomic mass is 79.9. The first-order valence-corrected chi connectivity index (χ1v) is 5.84. The Morgan fingerprint density at radius 2 is 2.00 bits per heavy atom. The minimum atomic E-state index is -0.132. The molecule has 0 N–H and O–H groups in total. The van der Waals surface area contributed by atoms with E-state index in [4.69, 9.17) is 4.74 Å². The minimum absolute atomic E-state index is 0.132. The van der Waals surface area contributed by atoms with Crippen LogP contribution >= 0.6 is 15.9 Å². The van der Waals surface area contributed by atoms with Gasteiger partial charge in [0.15, 0.2) is 0 Å². The summed E-state index contributed by atoms with van der Waals surface area (Å²) in [6, 6.07) is 8.01. The summed E-state index contributed by atoms with van der Waals surface area (Å²) in [5, 5.41) is 0. The van der Waals surface area contributed by atoms with Crippen LogP contribution in [0.5, 0.6) is 0 Å². The predicted octanol–water partition coefficient (Wildman–Crippen LogP) is 3.51. The predicted molar refractivity (Wildman–Crippen MR) is 63.8 cm³/mol. The fraction of sp³-hybridized carbons (Fsp3) is 0.417. The Labute approximate surface area is 98.8 Å². The van der Waals surface area contributed by atoms with Crippen molar-refractivity contribution in [1.29, 1.82) is 0 Å². The zero-order valence-electron chi connectivity index (χ0n) is 9.00. The van der Waals surface area contributed by atoms with Crippen molar-refractivity contribution < 1.29 is 9.53 Å². The summed E-state index contributed by atoms with van der Waals surface area (Å²) in [5.74, 6) is 0.0741. The molecule has 1 atom stereocenters. The number of esters is 1. The average molecular weight is 271 g/mol. The normalized spacial score (nSPS) is 12.2. The standard InChI is InChI=1S/C12H15BrO2/c1-3-15-12(14)8-9(2)10-4-6-11(13)7-5-10/h4-7,9H,3,8H2,1-2H3/t9-/m1/s1. The Hall–Kier alpha value is -0.830. The SMILES string of the molecule is CCOC(=O)C[C@@H](C)c1ccc(Br)cc1. The van der Waals surface area contributed by atoms with E-state index in [1.807, 2.05) is 38.1 Å². The van der Waals surface area contributed by atoms with E-state index >= 15 is 0 Å². The van der Waals surface area contributed by atoms with Gasteiger partial charge in [-0.3, -0.25) is 4.79 Å². The Morgan fingerprint density at radius 1 is 1.40 bits per heavy atom. The van der Waals surface area contributed by atoms with E-state index in [2.05, 4.69) is 15.9 Å². The van der Waals surface area contributed by atoms with Gasteiger partial charge in [-0.05, 0) is 30.5 Å². The first kappa shape index (κ1) is 12.2. The summed E-state index contributed by atoms with van der Waals surface area (Å²) in [7, 11) is 0. The summed E-state index contributed by atoms with van der Waals surface area (Å²) in [5.41, 5.74) is 1.16. The Balaban J connectivity index is 2.57. The van der Waals surface area contributed by atoms with Crippen LogP contribution in [-0.2, 0) is 9.53 Å².